The second-order valence-corrected chi connectivity index (χ2v) is 17.9. The van der Waals surface area contributed by atoms with Crippen molar-refractivity contribution < 1.29 is 31.4 Å². The van der Waals surface area contributed by atoms with E-state index in [0.717, 1.165) is 24.9 Å². The van der Waals surface area contributed by atoms with E-state index in [1.807, 2.05) is 4.57 Å². The Kier molecular flexibility index (Phi) is 12.4. The van der Waals surface area contributed by atoms with Crippen molar-refractivity contribution in [1.29, 1.82) is 0 Å². The second-order valence-electron chi connectivity index (χ2n) is 7.03. The smallest absolute Gasteiger partial charge is 0.377 e. The Balaban J connectivity index is 4.85. The van der Waals surface area contributed by atoms with Crippen LogP contribution in [0.1, 0.15) is 19.8 Å². The van der Waals surface area contributed by atoms with Gasteiger partial charge in [-0.25, -0.2) is 0 Å². The molecule has 0 bridgehead atoms. The molecule has 0 spiro atoms. The highest BCUT2D eigenvalue weighted by atomic mass is 28.4. The van der Waals surface area contributed by atoms with Gasteiger partial charge in [0.15, 0.2) is 8.24 Å². The summed E-state index contributed by atoms with van der Waals surface area (Å²) in [5, 5.41) is 0. The maximum Gasteiger partial charge on any atom is 0.500 e. The van der Waals surface area contributed by atoms with E-state index in [1.54, 1.807) is 49.6 Å². The van der Waals surface area contributed by atoms with Crippen LogP contribution in [0.3, 0.4) is 0 Å². The van der Waals surface area contributed by atoms with Gasteiger partial charge in [-0.1, -0.05) is 13.1 Å². The van der Waals surface area contributed by atoms with Crippen molar-refractivity contribution in [2.24, 2.45) is 0 Å². The maximum absolute atomic E-state index is 12.3. The third kappa shape index (κ3) is 8.03. The van der Waals surface area contributed by atoms with Crippen LogP contribution < -0.4 is 0 Å². The van der Waals surface area contributed by atoms with Gasteiger partial charge in [-0.3, -0.25) is 4.79 Å². The molecule has 0 saturated heterocycles. The highest BCUT2D eigenvalue weighted by molar-refractivity contribution is 6.76. The number of hydrogen-bond acceptors (Lipinski definition) is 7. The van der Waals surface area contributed by atoms with Crippen molar-refractivity contribution in [3.8, 4) is 0 Å². The Labute approximate surface area is 168 Å². The topological polar surface area (TPSA) is 75.7 Å². The van der Waals surface area contributed by atoms with E-state index >= 15 is 0 Å². The second kappa shape index (κ2) is 12.4. The average Bonchev–Trinajstić information content (AvgIpc) is 2.66. The van der Waals surface area contributed by atoms with Gasteiger partial charge in [0, 0.05) is 68.2 Å². The van der Waals surface area contributed by atoms with E-state index in [-0.39, 0.29) is 5.91 Å². The minimum atomic E-state index is -2.61. The minimum absolute atomic E-state index is 0.111. The first kappa shape index (κ1) is 26.9. The van der Waals surface area contributed by atoms with E-state index in [0.29, 0.717) is 12.6 Å². The maximum atomic E-state index is 12.3. The minimum Gasteiger partial charge on any atom is -0.377 e. The Morgan fingerprint density at radius 3 is 1.41 bits per heavy atom. The first-order valence-electron chi connectivity index (χ1n) is 9.20. The van der Waals surface area contributed by atoms with Gasteiger partial charge in [-0.05, 0) is 18.9 Å². The highest BCUT2D eigenvalue weighted by Gasteiger charge is 2.40. The standard InChI is InChI=1S/C16H39NO7Si3/c1-16(18)17(12-10-14-26(19-2,20-3)21-4)25(8,9)13-11-15-27(22-5,23-6)24-7/h10-15H2,1-9H3. The summed E-state index contributed by atoms with van der Waals surface area (Å²) in [6.45, 7) is 6.76. The molecule has 0 saturated carbocycles. The van der Waals surface area contributed by atoms with Crippen molar-refractivity contribution in [2.75, 3.05) is 49.2 Å². The van der Waals surface area contributed by atoms with E-state index < -0.39 is 25.8 Å². The summed E-state index contributed by atoms with van der Waals surface area (Å²) in [5.74, 6) is 0.111. The zero-order valence-electron chi connectivity index (χ0n) is 18.5. The zero-order chi connectivity index (χ0) is 21.1. The quantitative estimate of drug-likeness (QED) is 0.362. The first-order chi connectivity index (χ1) is 12.6. The van der Waals surface area contributed by atoms with Crippen LogP contribution in [0.5, 0.6) is 0 Å². The van der Waals surface area contributed by atoms with Crippen LogP contribution in [0.4, 0.5) is 0 Å². The number of amides is 1. The molecule has 0 radical (unpaired) electrons. The fraction of sp³-hybridized carbons (Fsp3) is 0.938. The summed E-state index contributed by atoms with van der Waals surface area (Å²) in [4.78, 5) is 12.3. The molecule has 0 aromatic carbocycles. The molecule has 0 N–H and O–H groups in total. The number of nitrogens with zero attached hydrogens (tertiary/aromatic N) is 1. The molecular formula is C16H39NO7Si3. The molecular weight excluding hydrogens is 402 g/mol. The normalized spacial score (nSPS) is 13.1. The first-order valence-corrected chi connectivity index (χ1v) is 16.2. The van der Waals surface area contributed by atoms with Crippen molar-refractivity contribution in [1.82, 2.24) is 4.57 Å². The molecule has 0 aromatic rings. The van der Waals surface area contributed by atoms with Gasteiger partial charge in [-0.15, -0.1) is 0 Å². The van der Waals surface area contributed by atoms with Crippen LogP contribution in [0, 0.1) is 0 Å². The molecule has 1 amide bonds. The molecule has 162 valence electrons. The van der Waals surface area contributed by atoms with Crippen molar-refractivity contribution in [3.63, 3.8) is 0 Å². The molecule has 8 nitrogen and oxygen atoms in total. The Morgan fingerprint density at radius 1 is 0.704 bits per heavy atom. The third-order valence-corrected chi connectivity index (χ3v) is 14.4. The number of rotatable bonds is 15. The largest absolute Gasteiger partial charge is 0.500 e. The van der Waals surface area contributed by atoms with Gasteiger partial charge in [0.1, 0.15) is 0 Å². The zero-order valence-corrected chi connectivity index (χ0v) is 21.5. The van der Waals surface area contributed by atoms with Crippen LogP contribution in [0.2, 0.25) is 31.2 Å². The van der Waals surface area contributed by atoms with E-state index in [1.165, 1.54) is 0 Å². The lowest BCUT2D eigenvalue weighted by atomic mass is 10.5. The molecule has 0 aromatic heterocycles. The lowest BCUT2D eigenvalue weighted by molar-refractivity contribution is -0.125. The molecule has 0 aliphatic heterocycles. The number of hydrogen-bond donors (Lipinski definition) is 0. The molecule has 0 rings (SSSR count). The van der Waals surface area contributed by atoms with E-state index in [9.17, 15) is 4.79 Å². The SMILES string of the molecule is CO[Si](CCCN(C(C)=O)[Si](C)(C)CCC[Si](OC)(OC)OC)(OC)OC. The third-order valence-electron chi connectivity index (χ3n) is 5.11. The van der Waals surface area contributed by atoms with Crippen molar-refractivity contribution in [2.45, 2.75) is 51.0 Å². The lowest BCUT2D eigenvalue weighted by Gasteiger charge is -2.37. The number of carbonyl (C=O) groups excluding carboxylic acids is 1. The van der Waals surface area contributed by atoms with Crippen molar-refractivity contribution >= 4 is 31.8 Å². The fourth-order valence-corrected chi connectivity index (χ4v) is 10.0. The molecule has 0 fully saturated rings. The van der Waals surface area contributed by atoms with Gasteiger partial charge >= 0.3 is 17.6 Å². The fourth-order valence-electron chi connectivity index (χ4n) is 3.32. The lowest BCUT2D eigenvalue weighted by Crippen LogP contribution is -2.52. The molecule has 0 aliphatic rings. The van der Waals surface area contributed by atoms with Crippen LogP contribution >= 0.6 is 0 Å². The van der Waals surface area contributed by atoms with E-state index in [4.69, 9.17) is 26.6 Å². The molecule has 27 heavy (non-hydrogen) atoms. The molecule has 0 unspecified atom stereocenters. The van der Waals surface area contributed by atoms with Crippen LogP contribution in [-0.4, -0.2) is 85.5 Å². The number of carbonyl (C=O) groups is 1. The molecule has 0 atom stereocenters. The van der Waals surface area contributed by atoms with Crippen LogP contribution in [0.25, 0.3) is 0 Å². The summed E-state index contributed by atoms with van der Waals surface area (Å²) < 4.78 is 34.9. The van der Waals surface area contributed by atoms with Gasteiger partial charge in [0.2, 0.25) is 5.91 Å². The van der Waals surface area contributed by atoms with E-state index in [2.05, 4.69) is 13.1 Å². The van der Waals surface area contributed by atoms with Gasteiger partial charge in [0.25, 0.3) is 0 Å². The summed E-state index contributed by atoms with van der Waals surface area (Å²) >= 11 is 0. The molecule has 0 heterocycles. The Morgan fingerprint density at radius 2 is 1.07 bits per heavy atom. The van der Waals surface area contributed by atoms with Gasteiger partial charge in [0.05, 0.1) is 0 Å². The summed E-state index contributed by atoms with van der Waals surface area (Å²) in [7, 11) is 2.60. The molecule has 0 aliphatic carbocycles. The molecule has 11 heteroatoms. The summed E-state index contributed by atoms with van der Waals surface area (Å²) in [5.41, 5.74) is 0. The Hall–Kier alpha value is -0.119. The highest BCUT2D eigenvalue weighted by Crippen LogP contribution is 2.25. The van der Waals surface area contributed by atoms with Crippen molar-refractivity contribution in [3.05, 3.63) is 0 Å². The Bertz CT molecular complexity index is 416. The summed E-state index contributed by atoms with van der Waals surface area (Å²) in [6, 6.07) is 2.38. The predicted octanol–water partition coefficient (Wildman–Crippen LogP) is 2.58. The summed E-state index contributed by atoms with van der Waals surface area (Å²) in [6.07, 6.45) is 1.68. The van der Waals surface area contributed by atoms with Crippen LogP contribution in [0.15, 0.2) is 0 Å². The monoisotopic (exact) mass is 441 g/mol. The average molecular weight is 442 g/mol. The van der Waals surface area contributed by atoms with Gasteiger partial charge < -0.3 is 31.1 Å². The van der Waals surface area contributed by atoms with Gasteiger partial charge in [-0.2, -0.15) is 0 Å². The predicted molar refractivity (Wildman–Crippen MR) is 112 cm³/mol. The van der Waals surface area contributed by atoms with Crippen LogP contribution in [-0.2, 0) is 31.4 Å².